The largest absolute Gasteiger partial charge is 0.480 e. The molecule has 0 aliphatic carbocycles. The zero-order valence-corrected chi connectivity index (χ0v) is 24.9. The molecule has 1 saturated heterocycles. The highest BCUT2D eigenvalue weighted by atomic mass is 16.5. The Kier molecular flexibility index (Phi) is 14.9. The number of anilines is 1. The van der Waals surface area contributed by atoms with Crippen LogP contribution in [0.2, 0.25) is 0 Å². The number of para-hydroxylation sites is 1. The minimum Gasteiger partial charge on any atom is -0.480 e. The molecule has 1 aliphatic heterocycles. The van der Waals surface area contributed by atoms with Crippen LogP contribution < -0.4 is 10.6 Å². The summed E-state index contributed by atoms with van der Waals surface area (Å²) in [5.74, 6) is -3.10. The quantitative estimate of drug-likeness (QED) is 0.157. The first kappa shape index (κ1) is 34.8. The van der Waals surface area contributed by atoms with Gasteiger partial charge in [0.2, 0.25) is 5.91 Å². The van der Waals surface area contributed by atoms with Crippen molar-refractivity contribution in [1.29, 1.82) is 0 Å². The molecule has 0 atom stereocenters. The van der Waals surface area contributed by atoms with Crippen molar-refractivity contribution >= 4 is 40.4 Å². The van der Waals surface area contributed by atoms with E-state index in [0.717, 1.165) is 10.9 Å². The summed E-state index contributed by atoms with van der Waals surface area (Å²) in [6.45, 7) is 4.84. The highest BCUT2D eigenvalue weighted by Crippen LogP contribution is 2.20. The van der Waals surface area contributed by atoms with Crippen molar-refractivity contribution in [1.82, 2.24) is 29.9 Å². The number of pyridine rings is 1. The number of hydrogen-bond acceptors (Lipinski definition) is 11. The Labute approximate surface area is 256 Å². The van der Waals surface area contributed by atoms with Crippen molar-refractivity contribution in [3.8, 4) is 0 Å². The molecule has 1 aromatic heterocycles. The van der Waals surface area contributed by atoms with Crippen LogP contribution in [-0.2, 0) is 23.9 Å². The fourth-order valence-corrected chi connectivity index (χ4v) is 4.89. The maximum atomic E-state index is 12.4. The lowest BCUT2D eigenvalue weighted by molar-refractivity contribution is -0.140. The first-order valence-corrected chi connectivity index (χ1v) is 14.7. The smallest absolute Gasteiger partial charge is 0.317 e. The minimum absolute atomic E-state index is 0.113. The van der Waals surface area contributed by atoms with Gasteiger partial charge in [-0.25, -0.2) is 0 Å². The Morgan fingerprint density at radius 2 is 1.25 bits per heavy atom. The molecule has 2 heterocycles. The van der Waals surface area contributed by atoms with Gasteiger partial charge in [0.1, 0.15) is 0 Å². The van der Waals surface area contributed by atoms with Gasteiger partial charge in [-0.2, -0.15) is 0 Å². The van der Waals surface area contributed by atoms with Crippen LogP contribution in [-0.4, -0.2) is 169 Å². The molecule has 15 heteroatoms. The predicted octanol–water partition coefficient (Wildman–Crippen LogP) is -0.745. The number of aliphatic carboxylic acids is 3. The molecule has 0 radical (unpaired) electrons. The van der Waals surface area contributed by atoms with Crippen LogP contribution in [0.1, 0.15) is 0 Å². The third kappa shape index (κ3) is 13.3. The van der Waals surface area contributed by atoms with Crippen molar-refractivity contribution < 1.29 is 39.2 Å². The third-order valence-electron chi connectivity index (χ3n) is 7.17. The molecule has 242 valence electrons. The Bertz CT molecular complexity index is 1200. The minimum atomic E-state index is -0.991. The normalized spacial score (nSPS) is 16.6. The van der Waals surface area contributed by atoms with E-state index in [-0.39, 0.29) is 32.1 Å². The number of aromatic nitrogens is 1. The SMILES string of the molecule is O=C(O)CN1CCN(CCOCCNCC(=O)Nc2cccc3cccnc23)CCN(CC(=O)O)CCN(CC(=O)O)CC1. The molecule has 1 fully saturated rings. The maximum absolute atomic E-state index is 12.4. The van der Waals surface area contributed by atoms with Crippen molar-refractivity contribution in [3.05, 3.63) is 36.5 Å². The third-order valence-corrected chi connectivity index (χ3v) is 7.17. The number of rotatable bonds is 15. The van der Waals surface area contributed by atoms with Crippen LogP contribution in [0, 0.1) is 0 Å². The lowest BCUT2D eigenvalue weighted by Crippen LogP contribution is -2.48. The van der Waals surface area contributed by atoms with E-state index in [2.05, 4.69) is 20.5 Å². The standard InChI is InChI=1S/C29H43N7O8/c37-25(32-24-5-1-3-23-4-2-6-31-29(23)24)19-30-7-17-44-18-16-33-8-10-34(20-26(38)39)12-14-36(22-28(42)43)15-13-35(11-9-33)21-27(40)41/h1-6,30H,7-22H2,(H,32,37)(H,38,39)(H,40,41)(H,42,43). The van der Waals surface area contributed by atoms with Crippen molar-refractivity contribution in [3.63, 3.8) is 0 Å². The van der Waals surface area contributed by atoms with Gasteiger partial charge in [-0.1, -0.05) is 18.2 Å². The fourth-order valence-electron chi connectivity index (χ4n) is 4.89. The van der Waals surface area contributed by atoms with Gasteiger partial charge in [0.05, 0.1) is 50.6 Å². The number of carbonyl (C=O) groups is 4. The molecule has 1 amide bonds. The van der Waals surface area contributed by atoms with Gasteiger partial charge < -0.3 is 30.7 Å². The van der Waals surface area contributed by atoms with Crippen LogP contribution in [0.5, 0.6) is 0 Å². The van der Waals surface area contributed by atoms with E-state index in [0.29, 0.717) is 84.3 Å². The first-order chi connectivity index (χ1) is 21.2. The second-order valence-electron chi connectivity index (χ2n) is 10.6. The number of nitrogens with one attached hydrogen (secondary N) is 2. The van der Waals surface area contributed by atoms with Crippen molar-refractivity contribution in [2.24, 2.45) is 0 Å². The summed E-state index contributed by atoms with van der Waals surface area (Å²) in [6.07, 6.45) is 1.68. The molecule has 0 spiro atoms. The zero-order chi connectivity index (χ0) is 31.7. The van der Waals surface area contributed by atoms with Crippen LogP contribution in [0.4, 0.5) is 5.69 Å². The summed E-state index contributed by atoms with van der Waals surface area (Å²) < 4.78 is 5.78. The fraction of sp³-hybridized carbons (Fsp3) is 0.552. The average molecular weight is 618 g/mol. The summed E-state index contributed by atoms with van der Waals surface area (Å²) in [5, 5.41) is 34.9. The van der Waals surface area contributed by atoms with Crippen molar-refractivity contribution in [2.45, 2.75) is 0 Å². The second kappa shape index (κ2) is 18.8. The number of nitrogens with zero attached hydrogens (tertiary/aromatic N) is 5. The van der Waals surface area contributed by atoms with Gasteiger partial charge in [-0.15, -0.1) is 0 Å². The second-order valence-corrected chi connectivity index (χ2v) is 10.6. The van der Waals surface area contributed by atoms with Crippen LogP contribution in [0.15, 0.2) is 36.5 Å². The number of hydrogen-bond donors (Lipinski definition) is 5. The highest BCUT2D eigenvalue weighted by Gasteiger charge is 2.20. The van der Waals surface area contributed by atoms with Crippen LogP contribution in [0.25, 0.3) is 10.9 Å². The number of carbonyl (C=O) groups excluding carboxylic acids is 1. The molecule has 0 bridgehead atoms. The number of carboxylic acid groups (broad SMARTS) is 3. The molecular formula is C29H43N7O8. The lowest BCUT2D eigenvalue weighted by Gasteiger charge is -2.33. The number of amides is 1. The zero-order valence-electron chi connectivity index (χ0n) is 24.9. The summed E-state index contributed by atoms with van der Waals surface area (Å²) in [5.41, 5.74) is 1.38. The van der Waals surface area contributed by atoms with E-state index in [1.54, 1.807) is 20.9 Å². The van der Waals surface area contributed by atoms with Gasteiger partial charge in [0, 0.05) is 77.0 Å². The van der Waals surface area contributed by atoms with E-state index in [9.17, 15) is 34.5 Å². The van der Waals surface area contributed by atoms with E-state index in [4.69, 9.17) is 4.74 Å². The molecule has 0 unspecified atom stereocenters. The predicted molar refractivity (Wildman–Crippen MR) is 163 cm³/mol. The van der Waals surface area contributed by atoms with Gasteiger partial charge in [-0.05, 0) is 12.1 Å². The van der Waals surface area contributed by atoms with E-state index >= 15 is 0 Å². The average Bonchev–Trinajstić information content (AvgIpc) is 2.97. The Morgan fingerprint density at radius 3 is 1.80 bits per heavy atom. The monoisotopic (exact) mass is 617 g/mol. The molecule has 1 aliphatic rings. The molecular weight excluding hydrogens is 574 g/mol. The summed E-state index contributed by atoms with van der Waals surface area (Å²) in [7, 11) is 0. The van der Waals surface area contributed by atoms with Crippen molar-refractivity contribution in [2.75, 3.05) is 110 Å². The molecule has 1 aromatic carbocycles. The topological polar surface area (TPSA) is 188 Å². The molecule has 2 aromatic rings. The van der Waals surface area contributed by atoms with Gasteiger partial charge in [0.25, 0.3) is 0 Å². The van der Waals surface area contributed by atoms with E-state index < -0.39 is 17.9 Å². The summed E-state index contributed by atoms with van der Waals surface area (Å²) in [4.78, 5) is 58.3. The Morgan fingerprint density at radius 1 is 0.727 bits per heavy atom. The number of fused-ring (bicyclic) bond motifs is 1. The van der Waals surface area contributed by atoms with E-state index in [1.165, 1.54) is 0 Å². The summed E-state index contributed by atoms with van der Waals surface area (Å²) in [6, 6.07) is 9.38. The Balaban J connectivity index is 1.44. The number of carboxylic acids is 3. The number of benzene rings is 1. The van der Waals surface area contributed by atoms with Gasteiger partial charge >= 0.3 is 17.9 Å². The van der Waals surface area contributed by atoms with Gasteiger partial charge in [0.15, 0.2) is 0 Å². The number of ether oxygens (including phenoxy) is 1. The molecule has 3 rings (SSSR count). The molecule has 5 N–H and O–H groups in total. The maximum Gasteiger partial charge on any atom is 0.317 e. The van der Waals surface area contributed by atoms with Gasteiger partial charge in [-0.3, -0.25) is 43.8 Å². The van der Waals surface area contributed by atoms with E-state index in [1.807, 2.05) is 30.3 Å². The highest BCUT2D eigenvalue weighted by molar-refractivity contribution is 6.00. The van der Waals surface area contributed by atoms with Crippen LogP contribution in [0.3, 0.4) is 0 Å². The Hall–Kier alpha value is -3.73. The molecule has 44 heavy (non-hydrogen) atoms. The van der Waals surface area contributed by atoms with Crippen LogP contribution >= 0.6 is 0 Å². The summed E-state index contributed by atoms with van der Waals surface area (Å²) >= 11 is 0. The molecule has 15 nitrogen and oxygen atoms in total. The lowest BCUT2D eigenvalue weighted by atomic mass is 10.2. The first-order valence-electron chi connectivity index (χ1n) is 14.7. The molecule has 0 saturated carbocycles.